The van der Waals surface area contributed by atoms with E-state index in [9.17, 15) is 9.59 Å². The first-order valence-corrected chi connectivity index (χ1v) is 9.78. The van der Waals surface area contributed by atoms with Crippen molar-refractivity contribution in [2.45, 2.75) is 32.6 Å². The lowest BCUT2D eigenvalue weighted by atomic mass is 9.74. The molecule has 1 aliphatic heterocycles. The zero-order valence-electron chi connectivity index (χ0n) is 16.6. The highest BCUT2D eigenvalue weighted by atomic mass is 16.5. The fraction of sp³-hybridized carbons (Fsp3) is 0.391. The second-order valence-corrected chi connectivity index (χ2v) is 7.52. The lowest BCUT2D eigenvalue weighted by Crippen LogP contribution is -2.53. The summed E-state index contributed by atoms with van der Waals surface area (Å²) in [5.41, 5.74) is 8.39. The van der Waals surface area contributed by atoms with Gasteiger partial charge in [0.2, 0.25) is 11.8 Å². The quantitative estimate of drug-likeness (QED) is 0.835. The number of rotatable bonds is 6. The Morgan fingerprint density at radius 1 is 1.07 bits per heavy atom. The average molecular weight is 380 g/mol. The molecule has 2 aromatic carbocycles. The smallest absolute Gasteiger partial charge is 0.225 e. The van der Waals surface area contributed by atoms with Crippen LogP contribution in [0.4, 0.5) is 0 Å². The number of carbonyl (C=O) groups excluding carboxylic acids is 2. The lowest BCUT2D eigenvalue weighted by molar-refractivity contribution is -0.139. The maximum atomic E-state index is 12.4. The van der Waals surface area contributed by atoms with Gasteiger partial charge in [-0.25, -0.2) is 0 Å². The third-order valence-corrected chi connectivity index (χ3v) is 5.67. The van der Waals surface area contributed by atoms with Crippen LogP contribution in [0.3, 0.4) is 0 Å². The van der Waals surface area contributed by atoms with Crippen LogP contribution in [0, 0.1) is 5.41 Å². The van der Waals surface area contributed by atoms with Gasteiger partial charge < -0.3 is 15.4 Å². The van der Waals surface area contributed by atoms with Crippen LogP contribution < -0.4 is 10.5 Å². The van der Waals surface area contributed by atoms with Crippen molar-refractivity contribution in [1.29, 1.82) is 0 Å². The van der Waals surface area contributed by atoms with E-state index in [1.807, 2.05) is 43.3 Å². The molecule has 0 bridgehead atoms. The molecule has 2 aromatic rings. The van der Waals surface area contributed by atoms with Gasteiger partial charge in [0.05, 0.1) is 12.5 Å². The number of nitrogens with two attached hydrogens (primary N) is 1. The van der Waals surface area contributed by atoms with Crippen molar-refractivity contribution in [3.63, 3.8) is 0 Å². The Labute approximate surface area is 166 Å². The Kier molecular flexibility index (Phi) is 6.02. The highest BCUT2D eigenvalue weighted by Gasteiger charge is 2.41. The van der Waals surface area contributed by atoms with Gasteiger partial charge in [0.15, 0.2) is 0 Å². The van der Waals surface area contributed by atoms with Crippen LogP contribution in [0.2, 0.25) is 0 Å². The van der Waals surface area contributed by atoms with Gasteiger partial charge in [0, 0.05) is 19.5 Å². The topological polar surface area (TPSA) is 72.6 Å². The summed E-state index contributed by atoms with van der Waals surface area (Å²) in [6, 6.07) is 16.1. The number of benzene rings is 2. The Bertz CT molecular complexity index is 830. The number of hydrogen-bond donors (Lipinski definition) is 1. The summed E-state index contributed by atoms with van der Waals surface area (Å²) >= 11 is 0. The largest absolute Gasteiger partial charge is 0.497 e. The van der Waals surface area contributed by atoms with Crippen LogP contribution in [-0.2, 0) is 16.0 Å². The molecule has 0 spiro atoms. The maximum absolute atomic E-state index is 12.4. The van der Waals surface area contributed by atoms with Crippen LogP contribution in [0.15, 0.2) is 48.5 Å². The number of carbonyl (C=O) groups is 2. The third-order valence-electron chi connectivity index (χ3n) is 5.67. The van der Waals surface area contributed by atoms with Crippen LogP contribution in [0.25, 0.3) is 11.1 Å². The molecule has 1 heterocycles. The zero-order valence-corrected chi connectivity index (χ0v) is 16.6. The second kappa shape index (κ2) is 8.46. The van der Waals surface area contributed by atoms with Crippen molar-refractivity contribution in [2.24, 2.45) is 11.1 Å². The summed E-state index contributed by atoms with van der Waals surface area (Å²) in [5.74, 6) is 0.591. The van der Waals surface area contributed by atoms with Crippen LogP contribution >= 0.6 is 0 Å². The van der Waals surface area contributed by atoms with Crippen molar-refractivity contribution < 1.29 is 14.3 Å². The number of piperidine rings is 1. The molecule has 0 unspecified atom stereocenters. The number of methoxy groups -OCH3 is 1. The molecule has 1 fully saturated rings. The average Bonchev–Trinajstić information content (AvgIpc) is 2.74. The fourth-order valence-corrected chi connectivity index (χ4v) is 3.99. The van der Waals surface area contributed by atoms with E-state index >= 15 is 0 Å². The standard InChI is InChI=1S/C23H28N2O3/c1-3-21(26)25-14-4-13-23(16-25,22(24)27)15-17-5-7-18(8-6-17)19-9-11-20(28-2)12-10-19/h5-12H,3-4,13-16H2,1-2H3,(H2,24,27)/t23-/m1/s1. The number of nitrogens with zero attached hydrogens (tertiary/aromatic N) is 1. The van der Waals surface area contributed by atoms with Crippen molar-refractivity contribution in [3.05, 3.63) is 54.1 Å². The van der Waals surface area contributed by atoms with E-state index in [1.54, 1.807) is 12.0 Å². The Balaban J connectivity index is 1.78. The first-order valence-electron chi connectivity index (χ1n) is 9.78. The van der Waals surface area contributed by atoms with Crippen LogP contribution in [-0.4, -0.2) is 36.9 Å². The van der Waals surface area contributed by atoms with Crippen LogP contribution in [0.5, 0.6) is 5.75 Å². The Hall–Kier alpha value is -2.82. The number of primary amides is 1. The highest BCUT2D eigenvalue weighted by molar-refractivity contribution is 5.83. The molecule has 5 heteroatoms. The first kappa shape index (κ1) is 19.9. The molecule has 0 aliphatic carbocycles. The number of amides is 2. The lowest BCUT2D eigenvalue weighted by Gasteiger charge is -2.41. The van der Waals surface area contributed by atoms with Gasteiger partial charge in [-0.15, -0.1) is 0 Å². The van der Waals surface area contributed by atoms with Gasteiger partial charge in [-0.1, -0.05) is 43.3 Å². The molecular weight excluding hydrogens is 352 g/mol. The minimum atomic E-state index is -0.690. The monoisotopic (exact) mass is 380 g/mol. The van der Waals surface area contributed by atoms with E-state index in [0.717, 1.165) is 35.3 Å². The Morgan fingerprint density at radius 3 is 2.21 bits per heavy atom. The molecule has 0 radical (unpaired) electrons. The van der Waals surface area contributed by atoms with Crippen molar-refractivity contribution >= 4 is 11.8 Å². The summed E-state index contributed by atoms with van der Waals surface area (Å²) < 4.78 is 5.20. The SMILES string of the molecule is CCC(=O)N1CCC[C@](Cc2ccc(-c3ccc(OC)cc3)cc2)(C(N)=O)C1. The van der Waals surface area contributed by atoms with Gasteiger partial charge in [-0.05, 0) is 48.1 Å². The number of likely N-dealkylation sites (tertiary alicyclic amines) is 1. The summed E-state index contributed by atoms with van der Waals surface area (Å²) in [6.07, 6.45) is 2.53. The van der Waals surface area contributed by atoms with E-state index in [1.165, 1.54) is 0 Å². The zero-order chi connectivity index (χ0) is 20.1. The molecule has 1 saturated heterocycles. The molecule has 2 N–H and O–H groups in total. The van der Waals surface area contributed by atoms with Gasteiger partial charge in [0.1, 0.15) is 5.75 Å². The second-order valence-electron chi connectivity index (χ2n) is 7.52. The number of hydrogen-bond acceptors (Lipinski definition) is 3. The summed E-state index contributed by atoms with van der Waals surface area (Å²) in [4.78, 5) is 26.3. The predicted molar refractivity (Wildman–Crippen MR) is 110 cm³/mol. The minimum Gasteiger partial charge on any atom is -0.497 e. The molecule has 0 saturated carbocycles. The molecule has 3 rings (SSSR count). The Morgan fingerprint density at radius 2 is 1.68 bits per heavy atom. The third kappa shape index (κ3) is 4.19. The van der Waals surface area contributed by atoms with Crippen molar-refractivity contribution in [3.8, 4) is 16.9 Å². The summed E-state index contributed by atoms with van der Waals surface area (Å²) in [7, 11) is 1.65. The van der Waals surface area contributed by atoms with Gasteiger partial charge in [-0.3, -0.25) is 9.59 Å². The van der Waals surface area contributed by atoms with E-state index in [0.29, 0.717) is 25.9 Å². The van der Waals surface area contributed by atoms with E-state index in [-0.39, 0.29) is 11.8 Å². The normalized spacial score (nSPS) is 19.3. The molecule has 2 amide bonds. The molecule has 148 valence electrons. The molecule has 1 atom stereocenters. The predicted octanol–water partition coefficient (Wildman–Crippen LogP) is 3.41. The summed E-state index contributed by atoms with van der Waals surface area (Å²) in [6.45, 7) is 2.97. The molecular formula is C23H28N2O3. The molecule has 1 aliphatic rings. The first-order chi connectivity index (χ1) is 13.5. The maximum Gasteiger partial charge on any atom is 0.225 e. The van der Waals surface area contributed by atoms with Crippen LogP contribution in [0.1, 0.15) is 31.7 Å². The minimum absolute atomic E-state index is 0.0835. The highest BCUT2D eigenvalue weighted by Crippen LogP contribution is 2.34. The van der Waals surface area contributed by atoms with E-state index < -0.39 is 5.41 Å². The number of ether oxygens (including phenoxy) is 1. The van der Waals surface area contributed by atoms with Gasteiger partial charge >= 0.3 is 0 Å². The van der Waals surface area contributed by atoms with E-state index in [4.69, 9.17) is 10.5 Å². The summed E-state index contributed by atoms with van der Waals surface area (Å²) in [5, 5.41) is 0. The van der Waals surface area contributed by atoms with Crippen molar-refractivity contribution in [2.75, 3.05) is 20.2 Å². The van der Waals surface area contributed by atoms with E-state index in [2.05, 4.69) is 12.1 Å². The molecule has 28 heavy (non-hydrogen) atoms. The van der Waals surface area contributed by atoms with Gasteiger partial charge in [-0.2, -0.15) is 0 Å². The van der Waals surface area contributed by atoms with Gasteiger partial charge in [0.25, 0.3) is 0 Å². The fourth-order valence-electron chi connectivity index (χ4n) is 3.99. The molecule has 0 aromatic heterocycles. The molecule has 5 nitrogen and oxygen atoms in total. The van der Waals surface area contributed by atoms with Crippen molar-refractivity contribution in [1.82, 2.24) is 4.90 Å².